The second-order valence-electron chi connectivity index (χ2n) is 12.6. The zero-order valence-electron chi connectivity index (χ0n) is 27.6. The minimum atomic E-state index is -1.19. The highest BCUT2D eigenvalue weighted by atomic mass is 32.1. The number of carbonyl (C=O) groups excluding carboxylic acids is 4. The van der Waals surface area contributed by atoms with Crippen LogP contribution >= 0.6 is 11.3 Å². The fourth-order valence-corrected chi connectivity index (χ4v) is 5.54. The maximum Gasteiger partial charge on any atom is 0.410 e. The summed E-state index contributed by atoms with van der Waals surface area (Å²) >= 11 is 1.07. The number of carboxylic acids is 1. The predicted molar refractivity (Wildman–Crippen MR) is 164 cm³/mol. The maximum absolute atomic E-state index is 14.0. The number of esters is 1. The summed E-state index contributed by atoms with van der Waals surface area (Å²) in [5.41, 5.74) is -0.899. The van der Waals surface area contributed by atoms with Gasteiger partial charge in [0.1, 0.15) is 22.7 Å². The number of hydrogen-bond acceptors (Lipinski definition) is 9. The van der Waals surface area contributed by atoms with Crippen LogP contribution in [-0.2, 0) is 23.9 Å². The summed E-state index contributed by atoms with van der Waals surface area (Å²) in [6, 6.07) is -2.24. The van der Waals surface area contributed by atoms with Crippen LogP contribution in [0.2, 0.25) is 0 Å². The third kappa shape index (κ3) is 11.1. The van der Waals surface area contributed by atoms with Gasteiger partial charge in [0, 0.05) is 38.9 Å². The molecule has 1 unspecified atom stereocenters. The molecule has 244 valence electrons. The standard InChI is InChI=1S/C30H50N4O8S/c1-13-18(6)23(32-25(36)24(17(4)5)34(12)29(40)42-30(8,9)10)27(37)33(11)21(16(2)3)14-22(41-19(7)35)26-31-20(15-43-26)28(38)39/h15-18,21-24H,13-14H2,1-12H3,(H,32,36)(H,38,39)/t18?,21-,22-,23+,24-/m1/s1. The van der Waals surface area contributed by atoms with Gasteiger partial charge in [-0.15, -0.1) is 11.3 Å². The molecule has 0 aliphatic carbocycles. The molecule has 0 saturated heterocycles. The lowest BCUT2D eigenvalue weighted by Gasteiger charge is -2.38. The third-order valence-corrected chi connectivity index (χ3v) is 8.11. The maximum atomic E-state index is 14.0. The molecule has 1 aromatic rings. The van der Waals surface area contributed by atoms with Gasteiger partial charge in [-0.25, -0.2) is 14.6 Å². The Morgan fingerprint density at radius 2 is 1.60 bits per heavy atom. The van der Waals surface area contributed by atoms with Gasteiger partial charge in [0.2, 0.25) is 11.8 Å². The zero-order chi connectivity index (χ0) is 33.4. The summed E-state index contributed by atoms with van der Waals surface area (Å²) in [6.07, 6.45) is -0.751. The number of nitrogens with one attached hydrogen (secondary N) is 1. The molecule has 5 atom stereocenters. The Morgan fingerprint density at radius 3 is 2.02 bits per heavy atom. The Morgan fingerprint density at radius 1 is 1.02 bits per heavy atom. The molecular formula is C30H50N4O8S. The van der Waals surface area contributed by atoms with Crippen LogP contribution in [0.3, 0.4) is 0 Å². The minimum absolute atomic E-state index is 0.0964. The van der Waals surface area contributed by atoms with Gasteiger partial charge in [-0.2, -0.15) is 0 Å². The normalized spacial score (nSPS) is 15.2. The molecule has 0 aliphatic heterocycles. The van der Waals surface area contributed by atoms with Gasteiger partial charge in [0.25, 0.3) is 0 Å². The Kier molecular flexibility index (Phi) is 14.1. The van der Waals surface area contributed by atoms with E-state index < -0.39 is 53.8 Å². The number of carboxylic acid groups (broad SMARTS) is 1. The van der Waals surface area contributed by atoms with Crippen LogP contribution in [0, 0.1) is 17.8 Å². The molecule has 1 rings (SSSR count). The SMILES string of the molecule is CCC(C)[C@H](NC(=O)[C@@H](C(C)C)N(C)C(=O)OC(C)(C)C)C(=O)N(C)[C@H](C[C@@H](OC(C)=O)c1nc(C(=O)O)cs1)C(C)C. The smallest absolute Gasteiger partial charge is 0.410 e. The highest BCUT2D eigenvalue weighted by molar-refractivity contribution is 7.09. The van der Waals surface area contributed by atoms with Gasteiger partial charge in [0.15, 0.2) is 11.8 Å². The molecule has 0 aromatic carbocycles. The highest BCUT2D eigenvalue weighted by Gasteiger charge is 2.39. The predicted octanol–water partition coefficient (Wildman–Crippen LogP) is 4.74. The second-order valence-corrected chi connectivity index (χ2v) is 13.5. The Bertz CT molecular complexity index is 1130. The largest absolute Gasteiger partial charge is 0.476 e. The fraction of sp³-hybridized carbons (Fsp3) is 0.733. The minimum Gasteiger partial charge on any atom is -0.476 e. The molecule has 0 bridgehead atoms. The van der Waals surface area contributed by atoms with E-state index >= 15 is 0 Å². The first-order valence-corrected chi connectivity index (χ1v) is 15.5. The summed E-state index contributed by atoms with van der Waals surface area (Å²) in [7, 11) is 3.14. The Balaban J connectivity index is 3.33. The molecule has 0 saturated carbocycles. The third-order valence-electron chi connectivity index (χ3n) is 7.17. The van der Waals surface area contributed by atoms with E-state index in [-0.39, 0.29) is 35.8 Å². The van der Waals surface area contributed by atoms with E-state index in [2.05, 4.69) is 10.3 Å². The van der Waals surface area contributed by atoms with Crippen molar-refractivity contribution in [3.63, 3.8) is 0 Å². The van der Waals surface area contributed by atoms with Crippen molar-refractivity contribution in [2.75, 3.05) is 14.1 Å². The average Bonchev–Trinajstić information content (AvgIpc) is 3.37. The van der Waals surface area contributed by atoms with Crippen LogP contribution < -0.4 is 5.32 Å². The van der Waals surface area contributed by atoms with E-state index in [0.29, 0.717) is 11.4 Å². The molecule has 2 N–H and O–H groups in total. The number of thiazole rings is 1. The van der Waals surface area contributed by atoms with Gasteiger partial charge in [0.05, 0.1) is 0 Å². The summed E-state index contributed by atoms with van der Waals surface area (Å²) in [5, 5.41) is 13.9. The summed E-state index contributed by atoms with van der Waals surface area (Å²) in [5.74, 6) is -3.18. The molecule has 43 heavy (non-hydrogen) atoms. The molecule has 0 radical (unpaired) electrons. The van der Waals surface area contributed by atoms with Gasteiger partial charge in [-0.3, -0.25) is 19.3 Å². The van der Waals surface area contributed by atoms with Crippen LogP contribution in [0.4, 0.5) is 4.79 Å². The zero-order valence-corrected chi connectivity index (χ0v) is 28.4. The molecule has 0 spiro atoms. The van der Waals surface area contributed by atoms with Crippen LogP contribution in [0.5, 0.6) is 0 Å². The lowest BCUT2D eigenvalue weighted by atomic mass is 9.92. The van der Waals surface area contributed by atoms with Crippen molar-refractivity contribution in [2.45, 2.75) is 112 Å². The van der Waals surface area contributed by atoms with Crippen molar-refractivity contribution in [3.05, 3.63) is 16.1 Å². The number of aromatic nitrogens is 1. The quantitative estimate of drug-likeness (QED) is 0.279. The van der Waals surface area contributed by atoms with E-state index in [1.165, 1.54) is 24.3 Å². The average molecular weight is 627 g/mol. The van der Waals surface area contributed by atoms with Crippen molar-refractivity contribution < 1.29 is 38.6 Å². The highest BCUT2D eigenvalue weighted by Crippen LogP contribution is 2.31. The number of carbonyl (C=O) groups is 5. The Hall–Kier alpha value is -3.22. The van der Waals surface area contributed by atoms with Crippen molar-refractivity contribution in [2.24, 2.45) is 17.8 Å². The summed E-state index contributed by atoms with van der Waals surface area (Å²) < 4.78 is 11.0. The number of rotatable bonds is 14. The van der Waals surface area contributed by atoms with Crippen LogP contribution in [0.25, 0.3) is 0 Å². The first kappa shape index (κ1) is 37.8. The number of aromatic carboxylic acids is 1. The van der Waals surface area contributed by atoms with Crippen molar-refractivity contribution in [1.82, 2.24) is 20.1 Å². The molecular weight excluding hydrogens is 576 g/mol. The number of ether oxygens (including phenoxy) is 2. The molecule has 1 aromatic heterocycles. The van der Waals surface area contributed by atoms with E-state index in [9.17, 15) is 29.1 Å². The first-order chi connectivity index (χ1) is 19.7. The molecule has 0 aliphatic rings. The molecule has 1 heterocycles. The van der Waals surface area contributed by atoms with Gasteiger partial charge >= 0.3 is 18.0 Å². The number of amides is 3. The van der Waals surface area contributed by atoms with Crippen LogP contribution in [0.1, 0.15) is 104 Å². The van der Waals surface area contributed by atoms with E-state index in [1.54, 1.807) is 32.7 Å². The molecule has 12 nitrogen and oxygen atoms in total. The van der Waals surface area contributed by atoms with Crippen molar-refractivity contribution in [1.29, 1.82) is 0 Å². The van der Waals surface area contributed by atoms with E-state index in [4.69, 9.17) is 9.47 Å². The Labute approximate surface area is 259 Å². The van der Waals surface area contributed by atoms with Crippen LogP contribution in [0.15, 0.2) is 5.38 Å². The summed E-state index contributed by atoms with van der Waals surface area (Å²) in [4.78, 5) is 70.8. The van der Waals surface area contributed by atoms with E-state index in [1.807, 2.05) is 41.5 Å². The monoisotopic (exact) mass is 626 g/mol. The van der Waals surface area contributed by atoms with Crippen LogP contribution in [-0.4, -0.2) is 87.6 Å². The fourth-order valence-electron chi connectivity index (χ4n) is 4.71. The molecule has 13 heteroatoms. The van der Waals surface area contributed by atoms with E-state index in [0.717, 1.165) is 11.3 Å². The van der Waals surface area contributed by atoms with Gasteiger partial charge in [-0.1, -0.05) is 48.0 Å². The number of hydrogen-bond donors (Lipinski definition) is 2. The lowest BCUT2D eigenvalue weighted by molar-refractivity contribution is -0.149. The summed E-state index contributed by atoms with van der Waals surface area (Å²) in [6.45, 7) is 17.7. The number of likely N-dealkylation sites (N-methyl/N-ethyl adjacent to an activating group) is 2. The topological polar surface area (TPSA) is 155 Å². The first-order valence-electron chi connectivity index (χ1n) is 14.6. The second kappa shape index (κ2) is 16.0. The lowest BCUT2D eigenvalue weighted by Crippen LogP contribution is -2.59. The van der Waals surface area contributed by atoms with Crippen molar-refractivity contribution in [3.8, 4) is 0 Å². The number of nitrogens with zero attached hydrogens (tertiary/aromatic N) is 3. The van der Waals surface area contributed by atoms with Gasteiger partial charge in [-0.05, 0) is 38.5 Å². The van der Waals surface area contributed by atoms with Crippen molar-refractivity contribution >= 4 is 41.2 Å². The van der Waals surface area contributed by atoms with Gasteiger partial charge < -0.3 is 24.8 Å². The molecule has 0 fully saturated rings. The molecule has 3 amide bonds.